The molecule has 1 aliphatic rings. The number of aromatic nitrogens is 2. The van der Waals surface area contributed by atoms with E-state index >= 15 is 0 Å². The number of nitrogens with one attached hydrogen (secondary N) is 1. The van der Waals surface area contributed by atoms with Crippen LogP contribution in [0.5, 0.6) is 0 Å². The van der Waals surface area contributed by atoms with Crippen LogP contribution in [-0.4, -0.2) is 39.4 Å². The number of imidazole rings is 1. The van der Waals surface area contributed by atoms with Gasteiger partial charge in [-0.15, -0.1) is 0 Å². The van der Waals surface area contributed by atoms with E-state index in [2.05, 4.69) is 24.1 Å². The van der Waals surface area contributed by atoms with Crippen molar-refractivity contribution in [3.05, 3.63) is 46.5 Å². The molecule has 0 radical (unpaired) electrons. The van der Waals surface area contributed by atoms with E-state index in [1.807, 2.05) is 43.5 Å². The molecule has 0 saturated heterocycles. The van der Waals surface area contributed by atoms with E-state index in [4.69, 9.17) is 0 Å². The lowest BCUT2D eigenvalue weighted by Crippen LogP contribution is -2.33. The fourth-order valence-corrected chi connectivity index (χ4v) is 4.06. The molecule has 0 unspecified atom stereocenters. The summed E-state index contributed by atoms with van der Waals surface area (Å²) < 4.78 is 1.96. The molecule has 1 aliphatic heterocycles. The quantitative estimate of drug-likeness (QED) is 0.788. The summed E-state index contributed by atoms with van der Waals surface area (Å²) in [5, 5.41) is 3.10. The van der Waals surface area contributed by atoms with Crippen molar-refractivity contribution in [2.24, 2.45) is 0 Å². The van der Waals surface area contributed by atoms with E-state index in [9.17, 15) is 9.59 Å². The zero-order chi connectivity index (χ0) is 21.1. The first-order valence-electron chi connectivity index (χ1n) is 10.7. The molecule has 1 N–H and O–H groups in total. The second-order valence-electron chi connectivity index (χ2n) is 7.96. The van der Waals surface area contributed by atoms with Gasteiger partial charge < -0.3 is 14.8 Å². The number of amides is 2. The molecule has 2 heterocycles. The van der Waals surface area contributed by atoms with Gasteiger partial charge in [-0.2, -0.15) is 0 Å². The minimum Gasteiger partial charge on any atom is -0.337 e. The third-order valence-electron chi connectivity index (χ3n) is 5.74. The number of rotatable bonds is 6. The molecular formula is C23H32N4O2. The minimum absolute atomic E-state index is 0.101. The van der Waals surface area contributed by atoms with Crippen molar-refractivity contribution >= 4 is 17.5 Å². The Balaban J connectivity index is 2.00. The highest BCUT2D eigenvalue weighted by Gasteiger charge is 2.29. The highest BCUT2D eigenvalue weighted by Crippen LogP contribution is 2.29. The normalized spacial score (nSPS) is 13.3. The van der Waals surface area contributed by atoms with Crippen LogP contribution in [0.1, 0.15) is 84.4 Å². The maximum Gasteiger partial charge on any atom is 0.289 e. The number of hydrogen-bond donors (Lipinski definition) is 1. The number of nitrogens with zero attached hydrogens (tertiary/aromatic N) is 3. The highest BCUT2D eigenvalue weighted by atomic mass is 16.2. The van der Waals surface area contributed by atoms with Crippen molar-refractivity contribution in [2.45, 2.75) is 66.3 Å². The first kappa shape index (κ1) is 21.1. The third-order valence-corrected chi connectivity index (χ3v) is 5.74. The maximum absolute atomic E-state index is 13.2. The zero-order valence-corrected chi connectivity index (χ0v) is 18.2. The predicted octanol–water partition coefficient (Wildman–Crippen LogP) is 4.39. The van der Waals surface area contributed by atoms with Gasteiger partial charge in [-0.3, -0.25) is 9.59 Å². The first-order chi connectivity index (χ1) is 13.9. The standard InChI is InChI=1S/C23H32N4O2/c1-6-26(7-2)23(29)21-24-20(18-13-8-9-14-27(18)21)22(28)25-19-16(5)11-10-12-17(19)15(3)4/h10-12,15H,6-9,13-14H2,1-5H3,(H,25,28). The summed E-state index contributed by atoms with van der Waals surface area (Å²) in [5.41, 5.74) is 4.24. The molecule has 0 aliphatic carbocycles. The molecular weight excluding hydrogens is 364 g/mol. The number of carbonyl (C=O) groups is 2. The van der Waals surface area contributed by atoms with E-state index < -0.39 is 0 Å². The Hall–Kier alpha value is -2.63. The molecule has 6 nitrogen and oxygen atoms in total. The average Bonchev–Trinajstić information content (AvgIpc) is 3.10. The van der Waals surface area contributed by atoms with Gasteiger partial charge in [0.25, 0.3) is 11.8 Å². The molecule has 0 atom stereocenters. The van der Waals surface area contributed by atoms with Crippen molar-refractivity contribution in [1.29, 1.82) is 0 Å². The SMILES string of the molecule is CCN(CC)C(=O)c1nc(C(=O)Nc2c(C)cccc2C(C)C)c2n1CCCC2. The second kappa shape index (κ2) is 8.80. The molecule has 1 aromatic carbocycles. The summed E-state index contributed by atoms with van der Waals surface area (Å²) in [5.74, 6) is 0.352. The van der Waals surface area contributed by atoms with Gasteiger partial charge in [0.05, 0.1) is 5.69 Å². The van der Waals surface area contributed by atoms with Crippen LogP contribution in [0, 0.1) is 6.92 Å². The van der Waals surface area contributed by atoms with Gasteiger partial charge in [0.1, 0.15) is 0 Å². The zero-order valence-electron chi connectivity index (χ0n) is 18.2. The largest absolute Gasteiger partial charge is 0.337 e. The minimum atomic E-state index is -0.231. The molecule has 29 heavy (non-hydrogen) atoms. The van der Waals surface area contributed by atoms with Crippen LogP contribution < -0.4 is 5.32 Å². The van der Waals surface area contributed by atoms with Crippen LogP contribution in [0.2, 0.25) is 0 Å². The van der Waals surface area contributed by atoms with Crippen molar-refractivity contribution < 1.29 is 9.59 Å². The Morgan fingerprint density at radius 2 is 1.93 bits per heavy atom. The number of hydrogen-bond acceptors (Lipinski definition) is 3. The van der Waals surface area contributed by atoms with Gasteiger partial charge in [-0.05, 0) is 57.1 Å². The van der Waals surface area contributed by atoms with E-state index in [1.54, 1.807) is 4.90 Å². The van der Waals surface area contributed by atoms with Crippen molar-refractivity contribution in [2.75, 3.05) is 18.4 Å². The molecule has 2 amide bonds. The van der Waals surface area contributed by atoms with Gasteiger partial charge in [-0.1, -0.05) is 32.0 Å². The molecule has 3 rings (SSSR count). The summed E-state index contributed by atoms with van der Waals surface area (Å²) in [6.07, 6.45) is 2.77. The summed E-state index contributed by atoms with van der Waals surface area (Å²) in [7, 11) is 0. The lowest BCUT2D eigenvalue weighted by Gasteiger charge is -2.21. The lowest BCUT2D eigenvalue weighted by molar-refractivity contribution is 0.0754. The van der Waals surface area contributed by atoms with Gasteiger partial charge in [-0.25, -0.2) is 4.98 Å². The van der Waals surface area contributed by atoms with Crippen LogP contribution in [0.15, 0.2) is 18.2 Å². The summed E-state index contributed by atoms with van der Waals surface area (Å²) in [6.45, 7) is 12.1. The smallest absolute Gasteiger partial charge is 0.289 e. The number of aryl methyl sites for hydroxylation is 1. The van der Waals surface area contributed by atoms with Crippen molar-refractivity contribution in [3.63, 3.8) is 0 Å². The number of carbonyl (C=O) groups excluding carboxylic acids is 2. The predicted molar refractivity (Wildman–Crippen MR) is 116 cm³/mol. The summed E-state index contributed by atoms with van der Waals surface area (Å²) >= 11 is 0. The molecule has 0 spiro atoms. The van der Waals surface area contributed by atoms with Crippen molar-refractivity contribution in [3.8, 4) is 0 Å². The topological polar surface area (TPSA) is 67.2 Å². The Bertz CT molecular complexity index is 910. The molecule has 0 saturated carbocycles. The van der Waals surface area contributed by atoms with Gasteiger partial charge in [0.2, 0.25) is 0 Å². The molecule has 1 aromatic heterocycles. The lowest BCUT2D eigenvalue weighted by atomic mass is 9.98. The molecule has 0 bridgehead atoms. The monoisotopic (exact) mass is 396 g/mol. The number of benzene rings is 1. The Morgan fingerprint density at radius 1 is 1.21 bits per heavy atom. The number of anilines is 1. The summed E-state index contributed by atoms with van der Waals surface area (Å²) in [6, 6.07) is 6.06. The third kappa shape index (κ3) is 4.07. The fourth-order valence-electron chi connectivity index (χ4n) is 4.06. The number of para-hydroxylation sites is 1. The Kier molecular flexibility index (Phi) is 6.40. The number of fused-ring (bicyclic) bond motifs is 1. The maximum atomic E-state index is 13.2. The Morgan fingerprint density at radius 3 is 2.59 bits per heavy atom. The van der Waals surface area contributed by atoms with E-state index in [-0.39, 0.29) is 11.8 Å². The average molecular weight is 397 g/mol. The van der Waals surface area contributed by atoms with E-state index in [0.717, 1.165) is 48.3 Å². The highest BCUT2D eigenvalue weighted by molar-refractivity contribution is 6.05. The van der Waals surface area contributed by atoms with Gasteiger partial charge in [0, 0.05) is 25.3 Å². The van der Waals surface area contributed by atoms with Crippen LogP contribution in [-0.2, 0) is 13.0 Å². The van der Waals surface area contributed by atoms with Crippen molar-refractivity contribution in [1.82, 2.24) is 14.5 Å². The van der Waals surface area contributed by atoms with Crippen LogP contribution in [0.3, 0.4) is 0 Å². The van der Waals surface area contributed by atoms with Crippen LogP contribution in [0.25, 0.3) is 0 Å². The van der Waals surface area contributed by atoms with E-state index in [0.29, 0.717) is 30.5 Å². The molecule has 6 heteroatoms. The molecule has 0 fully saturated rings. The van der Waals surface area contributed by atoms with Gasteiger partial charge in [0.15, 0.2) is 11.5 Å². The Labute approximate surface area is 173 Å². The van der Waals surface area contributed by atoms with Gasteiger partial charge >= 0.3 is 0 Å². The first-order valence-corrected chi connectivity index (χ1v) is 10.7. The fraction of sp³-hybridized carbons (Fsp3) is 0.522. The summed E-state index contributed by atoms with van der Waals surface area (Å²) in [4.78, 5) is 32.6. The second-order valence-corrected chi connectivity index (χ2v) is 7.96. The molecule has 2 aromatic rings. The van der Waals surface area contributed by atoms with Crippen LogP contribution in [0.4, 0.5) is 5.69 Å². The van der Waals surface area contributed by atoms with Crippen LogP contribution >= 0.6 is 0 Å². The van der Waals surface area contributed by atoms with E-state index in [1.165, 1.54) is 0 Å². The molecule has 156 valence electrons.